The van der Waals surface area contributed by atoms with Gasteiger partial charge in [0.2, 0.25) is 0 Å². The summed E-state index contributed by atoms with van der Waals surface area (Å²) in [6.45, 7) is 0. The quantitative estimate of drug-likeness (QED) is 0.331. The highest BCUT2D eigenvalue weighted by Crippen LogP contribution is 2.28. The molecule has 1 heterocycles. The number of benzene rings is 3. The molecule has 0 spiro atoms. The van der Waals surface area contributed by atoms with Gasteiger partial charge >= 0.3 is 5.91 Å². The molecule has 8 heteroatoms. The number of hydrogen-bond acceptors (Lipinski definition) is 4. The van der Waals surface area contributed by atoms with Gasteiger partial charge in [0.1, 0.15) is 11.5 Å². The van der Waals surface area contributed by atoms with Crippen molar-refractivity contribution in [3.63, 3.8) is 0 Å². The van der Waals surface area contributed by atoms with Crippen molar-refractivity contribution < 1.29 is 9.53 Å². The summed E-state index contributed by atoms with van der Waals surface area (Å²) in [5.74, 6) is 0.941. The molecule has 0 radical (unpaired) electrons. The third-order valence-corrected chi connectivity index (χ3v) is 4.37. The van der Waals surface area contributed by atoms with E-state index in [1.807, 2.05) is 24.3 Å². The maximum Gasteiger partial charge on any atom is 0.307 e. The number of nitrogens with one attached hydrogen (secondary N) is 2. The summed E-state index contributed by atoms with van der Waals surface area (Å²) in [6, 6.07) is 19.6. The third kappa shape index (κ3) is 4.74. The molecule has 0 aliphatic heterocycles. The van der Waals surface area contributed by atoms with Gasteiger partial charge in [-0.25, -0.2) is 10.4 Å². The number of aromatic amines is 1. The highest BCUT2D eigenvalue weighted by Gasteiger charge is 2.09. The van der Waals surface area contributed by atoms with Crippen LogP contribution in [-0.2, 0) is 0 Å². The Balaban J connectivity index is 1.37. The van der Waals surface area contributed by atoms with Crippen LogP contribution in [0.4, 0.5) is 0 Å². The fraction of sp³-hybridized carbons (Fsp3) is 0. The normalized spacial score (nSPS) is 11.1. The molecular formula is C21H14Cl2N4O2. The van der Waals surface area contributed by atoms with E-state index in [9.17, 15) is 4.79 Å². The van der Waals surface area contributed by atoms with E-state index in [1.165, 1.54) is 6.21 Å². The molecular weight excluding hydrogens is 411 g/mol. The van der Waals surface area contributed by atoms with Crippen LogP contribution in [0.15, 0.2) is 71.8 Å². The summed E-state index contributed by atoms with van der Waals surface area (Å²) < 4.78 is 5.73. The number of hydrazone groups is 1. The van der Waals surface area contributed by atoms with Crippen molar-refractivity contribution in [3.05, 3.63) is 88.2 Å². The number of rotatable bonds is 5. The molecule has 2 N–H and O–H groups in total. The number of fused-ring (bicyclic) bond motifs is 1. The fourth-order valence-electron chi connectivity index (χ4n) is 2.62. The molecule has 0 atom stereocenters. The Kier molecular flexibility index (Phi) is 5.46. The van der Waals surface area contributed by atoms with E-state index in [0.29, 0.717) is 21.5 Å². The molecule has 0 bridgehead atoms. The lowest BCUT2D eigenvalue weighted by atomic mass is 10.2. The summed E-state index contributed by atoms with van der Waals surface area (Å²) >= 11 is 11.9. The van der Waals surface area contributed by atoms with Crippen LogP contribution in [0.3, 0.4) is 0 Å². The van der Waals surface area contributed by atoms with E-state index >= 15 is 0 Å². The van der Waals surface area contributed by atoms with Crippen LogP contribution >= 0.6 is 23.2 Å². The Bertz CT molecular complexity index is 1150. The second-order valence-corrected chi connectivity index (χ2v) is 6.95. The molecule has 3 aromatic carbocycles. The van der Waals surface area contributed by atoms with Crippen molar-refractivity contribution >= 4 is 46.4 Å². The zero-order valence-electron chi connectivity index (χ0n) is 14.9. The number of imidazole rings is 1. The minimum atomic E-state index is -0.421. The molecule has 1 aromatic heterocycles. The molecule has 29 heavy (non-hydrogen) atoms. The van der Waals surface area contributed by atoms with Crippen molar-refractivity contribution in [2.75, 3.05) is 0 Å². The first-order valence-corrected chi connectivity index (χ1v) is 9.34. The predicted octanol–water partition coefficient (Wildman–Crippen LogP) is 5.43. The Hall–Kier alpha value is -3.35. The van der Waals surface area contributed by atoms with E-state index < -0.39 is 5.91 Å². The van der Waals surface area contributed by atoms with Crippen molar-refractivity contribution in [2.24, 2.45) is 5.10 Å². The van der Waals surface area contributed by atoms with Gasteiger partial charge in [0.15, 0.2) is 5.82 Å². The topological polar surface area (TPSA) is 79.4 Å². The summed E-state index contributed by atoms with van der Waals surface area (Å²) in [4.78, 5) is 19.3. The van der Waals surface area contributed by atoms with Gasteiger partial charge in [-0.05, 0) is 60.2 Å². The van der Waals surface area contributed by atoms with Gasteiger partial charge in [0.05, 0.1) is 17.2 Å². The molecule has 0 fully saturated rings. The highest BCUT2D eigenvalue weighted by atomic mass is 35.5. The van der Waals surface area contributed by atoms with Gasteiger partial charge in [-0.15, -0.1) is 0 Å². The summed E-state index contributed by atoms with van der Waals surface area (Å²) in [6.07, 6.45) is 1.53. The van der Waals surface area contributed by atoms with Crippen molar-refractivity contribution in [1.82, 2.24) is 15.4 Å². The number of nitrogens with zero attached hydrogens (tertiary/aromatic N) is 2. The Morgan fingerprint density at radius 3 is 2.45 bits per heavy atom. The van der Waals surface area contributed by atoms with Crippen LogP contribution in [0.2, 0.25) is 10.0 Å². The van der Waals surface area contributed by atoms with Gasteiger partial charge < -0.3 is 9.72 Å². The highest BCUT2D eigenvalue weighted by molar-refractivity contribution is 6.34. The molecule has 0 saturated heterocycles. The largest absolute Gasteiger partial charge is 0.457 e. The third-order valence-electron chi connectivity index (χ3n) is 3.94. The van der Waals surface area contributed by atoms with Crippen LogP contribution in [0.25, 0.3) is 11.0 Å². The molecule has 0 saturated carbocycles. The molecule has 6 nitrogen and oxygen atoms in total. The van der Waals surface area contributed by atoms with E-state index in [4.69, 9.17) is 27.9 Å². The maximum absolute atomic E-state index is 12.2. The lowest BCUT2D eigenvalue weighted by Gasteiger charge is -2.07. The average Bonchev–Trinajstić information content (AvgIpc) is 3.13. The number of ether oxygens (including phenoxy) is 1. The lowest BCUT2D eigenvalue weighted by molar-refractivity contribution is 0.0946. The molecule has 4 aromatic rings. The molecule has 0 aliphatic rings. The molecule has 4 rings (SSSR count). The Morgan fingerprint density at radius 1 is 1.00 bits per heavy atom. The summed E-state index contributed by atoms with van der Waals surface area (Å²) in [5, 5.41) is 4.96. The first-order valence-electron chi connectivity index (χ1n) is 8.59. The number of H-pyrrole nitrogens is 1. The number of amides is 1. The Morgan fingerprint density at radius 2 is 1.72 bits per heavy atom. The monoisotopic (exact) mass is 424 g/mol. The van der Waals surface area contributed by atoms with Crippen molar-refractivity contribution in [3.8, 4) is 11.5 Å². The standard InChI is InChI=1S/C21H14Cl2N4O2/c22-14-9-15(23)11-17(10-14)29-16-7-5-13(6-8-16)12-24-27-21(28)20-25-18-3-1-2-4-19(18)26-20/h1-12H,(H,25,26)(H,27,28)/b24-12+. The SMILES string of the molecule is O=C(N/N=C/c1ccc(Oc2cc(Cl)cc(Cl)c2)cc1)c1nc2ccccc2[nH]1. The number of para-hydroxylation sites is 2. The van der Waals surface area contributed by atoms with E-state index in [-0.39, 0.29) is 5.82 Å². The number of carbonyl (C=O) groups is 1. The zero-order chi connectivity index (χ0) is 20.2. The van der Waals surface area contributed by atoms with Gasteiger partial charge in [-0.1, -0.05) is 35.3 Å². The number of carbonyl (C=O) groups excluding carboxylic acids is 1. The van der Waals surface area contributed by atoms with Crippen LogP contribution in [0.1, 0.15) is 16.2 Å². The summed E-state index contributed by atoms with van der Waals surface area (Å²) in [5.41, 5.74) is 4.75. The average molecular weight is 425 g/mol. The van der Waals surface area contributed by atoms with Crippen LogP contribution in [-0.4, -0.2) is 22.1 Å². The molecule has 0 aliphatic carbocycles. The minimum absolute atomic E-state index is 0.201. The first kappa shape index (κ1) is 19.0. The van der Waals surface area contributed by atoms with Gasteiger partial charge in [-0.2, -0.15) is 5.10 Å². The lowest BCUT2D eigenvalue weighted by Crippen LogP contribution is -2.19. The number of halogens is 2. The van der Waals surface area contributed by atoms with E-state index in [2.05, 4.69) is 20.5 Å². The van der Waals surface area contributed by atoms with E-state index in [0.717, 1.165) is 16.6 Å². The second-order valence-electron chi connectivity index (χ2n) is 6.08. The fourth-order valence-corrected chi connectivity index (χ4v) is 3.13. The van der Waals surface area contributed by atoms with Crippen molar-refractivity contribution in [1.29, 1.82) is 0 Å². The van der Waals surface area contributed by atoms with Crippen LogP contribution < -0.4 is 10.2 Å². The van der Waals surface area contributed by atoms with Gasteiger partial charge in [0.25, 0.3) is 0 Å². The smallest absolute Gasteiger partial charge is 0.307 e. The van der Waals surface area contributed by atoms with Crippen molar-refractivity contribution in [2.45, 2.75) is 0 Å². The predicted molar refractivity (Wildman–Crippen MR) is 114 cm³/mol. The summed E-state index contributed by atoms with van der Waals surface area (Å²) in [7, 11) is 0. The molecule has 0 unspecified atom stereocenters. The molecule has 1 amide bonds. The van der Waals surface area contributed by atoms with Gasteiger partial charge in [0, 0.05) is 10.0 Å². The maximum atomic E-state index is 12.2. The van der Waals surface area contributed by atoms with E-state index in [1.54, 1.807) is 42.5 Å². The zero-order valence-corrected chi connectivity index (χ0v) is 16.4. The van der Waals surface area contributed by atoms with Crippen LogP contribution in [0.5, 0.6) is 11.5 Å². The Labute approximate surface area is 176 Å². The number of aromatic nitrogens is 2. The second kappa shape index (κ2) is 8.34. The minimum Gasteiger partial charge on any atom is -0.457 e. The molecule has 144 valence electrons. The van der Waals surface area contributed by atoms with Crippen LogP contribution in [0, 0.1) is 0 Å². The number of hydrogen-bond donors (Lipinski definition) is 2. The first-order chi connectivity index (χ1) is 14.1. The van der Waals surface area contributed by atoms with Gasteiger partial charge in [-0.3, -0.25) is 4.79 Å².